The Morgan fingerprint density at radius 3 is 2.07 bits per heavy atom. The van der Waals surface area contributed by atoms with Crippen LogP contribution in [0.2, 0.25) is 0 Å². The van der Waals surface area contributed by atoms with Crippen LogP contribution in [0.25, 0.3) is 0 Å². The maximum atomic E-state index is 11.3. The Labute approximate surface area is 96.5 Å². The van der Waals surface area contributed by atoms with Crippen LogP contribution in [0, 0.1) is 0 Å². The predicted molar refractivity (Wildman–Crippen MR) is 65.8 cm³/mol. The molecule has 0 atom stereocenters. The summed E-state index contributed by atoms with van der Waals surface area (Å²) in [6.07, 6.45) is 6.82. The van der Waals surface area contributed by atoms with Gasteiger partial charge in [0.15, 0.2) is 9.84 Å². The zero-order valence-corrected chi connectivity index (χ0v) is 11.4. The Hall–Kier alpha value is 0.430. The van der Waals surface area contributed by atoms with Gasteiger partial charge in [0.1, 0.15) is 0 Å². The van der Waals surface area contributed by atoms with Crippen LogP contribution in [0.4, 0.5) is 0 Å². The van der Waals surface area contributed by atoms with Crippen molar-refractivity contribution in [3.63, 3.8) is 0 Å². The molecule has 0 saturated heterocycles. The summed E-state index contributed by atoms with van der Waals surface area (Å²) in [6, 6.07) is 0. The van der Waals surface area contributed by atoms with Crippen molar-refractivity contribution in [3.8, 4) is 0 Å². The molecule has 0 bridgehead atoms. The summed E-state index contributed by atoms with van der Waals surface area (Å²) in [5, 5.41) is 0.561. The zero-order chi connectivity index (χ0) is 10.9. The number of hydrogen-bond acceptors (Lipinski definition) is 2. The molecule has 0 N–H and O–H groups in total. The van der Waals surface area contributed by atoms with Crippen LogP contribution in [0.1, 0.15) is 45.4 Å². The molecule has 0 spiro atoms. The first-order valence-corrected chi connectivity index (χ1v) is 8.33. The highest BCUT2D eigenvalue weighted by Crippen LogP contribution is 2.06. The second kappa shape index (κ2) is 8.72. The molecule has 0 amide bonds. The van der Waals surface area contributed by atoms with Gasteiger partial charge < -0.3 is 0 Å². The summed E-state index contributed by atoms with van der Waals surface area (Å²) in [7, 11) is -2.77. The molecule has 4 heteroatoms. The lowest BCUT2D eigenvalue weighted by molar-refractivity contribution is 0.585. The van der Waals surface area contributed by atoms with E-state index in [2.05, 4.69) is 22.9 Å². The highest BCUT2D eigenvalue weighted by Gasteiger charge is 2.08. The minimum Gasteiger partial charge on any atom is -0.229 e. The molecule has 0 aromatic carbocycles. The van der Waals surface area contributed by atoms with Crippen LogP contribution in [0.15, 0.2) is 0 Å². The Bertz CT molecular complexity index is 212. The second-order valence-corrected chi connectivity index (χ2v) is 6.71. The van der Waals surface area contributed by atoms with E-state index in [0.29, 0.717) is 11.1 Å². The number of halogens is 1. The quantitative estimate of drug-likeness (QED) is 0.482. The lowest BCUT2D eigenvalue weighted by atomic mass is 10.1. The monoisotopic (exact) mass is 284 g/mol. The molecule has 0 heterocycles. The van der Waals surface area contributed by atoms with Gasteiger partial charge in [0.2, 0.25) is 0 Å². The van der Waals surface area contributed by atoms with Crippen molar-refractivity contribution in [3.05, 3.63) is 0 Å². The first kappa shape index (κ1) is 14.4. The predicted octanol–water partition coefficient (Wildman–Crippen LogP) is 3.16. The van der Waals surface area contributed by atoms with Crippen LogP contribution in [-0.2, 0) is 9.84 Å². The molecule has 0 aromatic rings. The average molecular weight is 285 g/mol. The molecular formula is C10H21BrO2S. The van der Waals surface area contributed by atoms with Crippen molar-refractivity contribution in [2.45, 2.75) is 45.4 Å². The summed E-state index contributed by atoms with van der Waals surface area (Å²) in [6.45, 7) is 2.18. The summed E-state index contributed by atoms with van der Waals surface area (Å²) in [5.41, 5.74) is 0. The van der Waals surface area contributed by atoms with Gasteiger partial charge in [0.05, 0.1) is 11.5 Å². The molecule has 0 radical (unpaired) electrons. The third kappa shape index (κ3) is 9.00. The third-order valence-corrected chi connectivity index (χ3v) is 4.86. The fourth-order valence-corrected chi connectivity index (χ4v) is 3.88. The van der Waals surface area contributed by atoms with E-state index < -0.39 is 9.84 Å². The van der Waals surface area contributed by atoms with Gasteiger partial charge >= 0.3 is 0 Å². The fourth-order valence-electron chi connectivity index (χ4n) is 1.32. The van der Waals surface area contributed by atoms with E-state index in [1.54, 1.807) is 0 Å². The van der Waals surface area contributed by atoms with Crippen molar-refractivity contribution in [1.29, 1.82) is 0 Å². The first-order chi connectivity index (χ1) is 6.62. The summed E-state index contributed by atoms with van der Waals surface area (Å²) in [4.78, 5) is 0. The van der Waals surface area contributed by atoms with Gasteiger partial charge in [-0.3, -0.25) is 0 Å². The van der Waals surface area contributed by atoms with Crippen LogP contribution < -0.4 is 0 Å². The molecule has 0 aliphatic rings. The van der Waals surface area contributed by atoms with E-state index in [9.17, 15) is 8.42 Å². The summed E-state index contributed by atoms with van der Waals surface area (Å²) < 4.78 is 22.6. The van der Waals surface area contributed by atoms with Gasteiger partial charge in [-0.2, -0.15) is 0 Å². The van der Waals surface area contributed by atoms with Gasteiger partial charge in [-0.25, -0.2) is 8.42 Å². The van der Waals surface area contributed by atoms with Crippen LogP contribution in [-0.4, -0.2) is 25.3 Å². The van der Waals surface area contributed by atoms with Crippen molar-refractivity contribution in [2.75, 3.05) is 16.8 Å². The molecule has 2 nitrogen and oxygen atoms in total. The van der Waals surface area contributed by atoms with E-state index in [1.807, 2.05) is 0 Å². The van der Waals surface area contributed by atoms with E-state index in [4.69, 9.17) is 0 Å². The van der Waals surface area contributed by atoms with Crippen LogP contribution >= 0.6 is 15.9 Å². The minimum atomic E-state index is -2.77. The first-order valence-electron chi connectivity index (χ1n) is 5.39. The lowest BCUT2D eigenvalue weighted by Crippen LogP contribution is -2.11. The molecule has 0 aliphatic heterocycles. The Balaban J connectivity index is 3.35. The molecule has 0 rings (SSSR count). The molecule has 0 aromatic heterocycles. The summed E-state index contributed by atoms with van der Waals surface area (Å²) in [5.74, 6) is 0.646. The smallest absolute Gasteiger partial charge is 0.151 e. The van der Waals surface area contributed by atoms with Crippen LogP contribution in [0.3, 0.4) is 0 Å². The van der Waals surface area contributed by atoms with Gasteiger partial charge in [-0.05, 0) is 6.42 Å². The zero-order valence-electron chi connectivity index (χ0n) is 8.97. The maximum absolute atomic E-state index is 11.3. The van der Waals surface area contributed by atoms with Gasteiger partial charge in [0, 0.05) is 5.33 Å². The SMILES string of the molecule is CCCCCCCCS(=O)(=O)CCBr. The van der Waals surface area contributed by atoms with E-state index in [0.717, 1.165) is 12.8 Å². The largest absolute Gasteiger partial charge is 0.229 e. The number of unbranched alkanes of at least 4 members (excludes halogenated alkanes) is 5. The van der Waals surface area contributed by atoms with Crippen LogP contribution in [0.5, 0.6) is 0 Å². The standard InChI is InChI=1S/C10H21BrO2S/c1-2-3-4-5-6-7-9-14(12,13)10-8-11/h2-10H2,1H3. The van der Waals surface area contributed by atoms with E-state index in [1.165, 1.54) is 25.7 Å². The van der Waals surface area contributed by atoms with Crippen molar-refractivity contribution in [1.82, 2.24) is 0 Å². The Morgan fingerprint density at radius 1 is 0.929 bits per heavy atom. The molecule has 0 saturated carbocycles. The number of hydrogen-bond donors (Lipinski definition) is 0. The average Bonchev–Trinajstić information content (AvgIpc) is 2.11. The number of alkyl halides is 1. The van der Waals surface area contributed by atoms with Crippen molar-refractivity contribution in [2.24, 2.45) is 0 Å². The Kier molecular flexibility index (Phi) is 8.98. The second-order valence-electron chi connectivity index (χ2n) is 3.61. The third-order valence-electron chi connectivity index (χ3n) is 2.20. The van der Waals surface area contributed by atoms with Gasteiger partial charge in [-0.1, -0.05) is 55.0 Å². The van der Waals surface area contributed by atoms with Crippen molar-refractivity contribution < 1.29 is 8.42 Å². The highest BCUT2D eigenvalue weighted by atomic mass is 79.9. The van der Waals surface area contributed by atoms with Gasteiger partial charge in [0.25, 0.3) is 0 Å². The molecule has 0 unspecified atom stereocenters. The molecule has 0 fully saturated rings. The maximum Gasteiger partial charge on any atom is 0.151 e. The lowest BCUT2D eigenvalue weighted by Gasteiger charge is -2.02. The fraction of sp³-hybridized carbons (Fsp3) is 1.00. The van der Waals surface area contributed by atoms with E-state index >= 15 is 0 Å². The number of rotatable bonds is 9. The highest BCUT2D eigenvalue weighted by molar-refractivity contribution is 9.09. The van der Waals surface area contributed by atoms with Gasteiger partial charge in [-0.15, -0.1) is 0 Å². The topological polar surface area (TPSA) is 34.1 Å². The molecule has 14 heavy (non-hydrogen) atoms. The molecule has 0 aliphatic carbocycles. The van der Waals surface area contributed by atoms with E-state index in [-0.39, 0.29) is 5.75 Å². The molecular weight excluding hydrogens is 264 g/mol. The minimum absolute atomic E-state index is 0.280. The normalized spacial score (nSPS) is 11.9. The molecule has 86 valence electrons. The summed E-state index contributed by atoms with van der Waals surface area (Å²) >= 11 is 3.15. The van der Waals surface area contributed by atoms with Crippen molar-refractivity contribution >= 4 is 25.8 Å². The number of sulfone groups is 1. The Morgan fingerprint density at radius 2 is 1.50 bits per heavy atom.